The molecule has 34 heavy (non-hydrogen) atoms. The predicted molar refractivity (Wildman–Crippen MR) is 139 cm³/mol. The summed E-state index contributed by atoms with van der Waals surface area (Å²) in [7, 11) is 3.24. The van der Waals surface area contributed by atoms with Gasteiger partial charge in [-0.25, -0.2) is 0 Å². The number of carbonyl (C=O) groups excluding carboxylic acids is 1. The monoisotopic (exact) mass is 518 g/mol. The minimum atomic E-state index is -0.341. The molecule has 0 amide bonds. The third-order valence-electron chi connectivity index (χ3n) is 6.67. The number of carbonyl (C=O) groups is 1. The number of Topliss-reactive ketones (excluding diaryl/α,β-unsaturated/α-hetero) is 1. The molecule has 0 spiro atoms. The molecule has 174 valence electrons. The van der Waals surface area contributed by atoms with Gasteiger partial charge in [-0.2, -0.15) is 0 Å². The number of ketones is 1. The van der Waals surface area contributed by atoms with E-state index in [1.807, 2.05) is 36.4 Å². The molecule has 0 radical (unpaired) electrons. The van der Waals surface area contributed by atoms with E-state index in [9.17, 15) is 4.79 Å². The summed E-state index contributed by atoms with van der Waals surface area (Å²) in [5.41, 5.74) is 6.98. The van der Waals surface area contributed by atoms with Gasteiger partial charge in [0.05, 0.1) is 31.6 Å². The molecule has 5 nitrogen and oxygen atoms in total. The lowest BCUT2D eigenvalue weighted by atomic mass is 9.78. The molecule has 1 aliphatic carbocycles. The number of hydrogen-bond donors (Lipinski definition) is 2. The SMILES string of the molecule is COc1cc(Br)c([C@@H]2Nc3ccccc3NC3=C2C(=O)C[C@H](c2ccc(C)cc2)C3)cc1OC. The maximum absolute atomic E-state index is 13.7. The summed E-state index contributed by atoms with van der Waals surface area (Å²) in [4.78, 5) is 13.7. The standard InChI is InChI=1S/C28H27BrN2O3/c1-16-8-10-17(11-9-16)18-12-23-27(24(32)13-18)28(31-22-7-5-4-6-21(22)30-23)19-14-25(33-2)26(34-3)15-20(19)29/h4-11,14-15,18,28,30-31H,12-13H2,1-3H3/t18-,28+/m1/s1. The molecular weight excluding hydrogens is 492 g/mol. The first kappa shape index (κ1) is 22.5. The first-order valence-corrected chi connectivity index (χ1v) is 12.1. The molecule has 0 bridgehead atoms. The number of nitrogens with one attached hydrogen (secondary N) is 2. The maximum atomic E-state index is 13.7. The van der Waals surface area contributed by atoms with E-state index in [4.69, 9.17) is 9.47 Å². The molecule has 2 N–H and O–H groups in total. The van der Waals surface area contributed by atoms with Crippen molar-refractivity contribution in [3.63, 3.8) is 0 Å². The first-order chi connectivity index (χ1) is 16.5. The van der Waals surface area contributed by atoms with Crippen LogP contribution in [0.5, 0.6) is 11.5 Å². The van der Waals surface area contributed by atoms with E-state index in [2.05, 4.69) is 57.8 Å². The van der Waals surface area contributed by atoms with Crippen molar-refractivity contribution in [3.8, 4) is 11.5 Å². The van der Waals surface area contributed by atoms with Crippen LogP contribution in [-0.4, -0.2) is 20.0 Å². The summed E-state index contributed by atoms with van der Waals surface area (Å²) >= 11 is 3.71. The molecule has 5 rings (SSSR count). The first-order valence-electron chi connectivity index (χ1n) is 11.3. The summed E-state index contributed by atoms with van der Waals surface area (Å²) in [6.45, 7) is 2.08. The highest BCUT2D eigenvalue weighted by Gasteiger charge is 2.37. The zero-order valence-electron chi connectivity index (χ0n) is 19.4. The van der Waals surface area contributed by atoms with Gasteiger partial charge in [0.2, 0.25) is 0 Å². The van der Waals surface area contributed by atoms with Crippen LogP contribution in [0.1, 0.15) is 41.5 Å². The van der Waals surface area contributed by atoms with Crippen LogP contribution in [0.25, 0.3) is 0 Å². The molecule has 6 heteroatoms. The third-order valence-corrected chi connectivity index (χ3v) is 7.36. The van der Waals surface area contributed by atoms with Gasteiger partial charge in [-0.3, -0.25) is 4.79 Å². The van der Waals surface area contributed by atoms with Gasteiger partial charge in [0.15, 0.2) is 17.3 Å². The fourth-order valence-corrected chi connectivity index (χ4v) is 5.44. The van der Waals surface area contributed by atoms with Crippen LogP contribution in [0.15, 0.2) is 76.4 Å². The summed E-state index contributed by atoms with van der Waals surface area (Å²) < 4.78 is 11.9. The summed E-state index contributed by atoms with van der Waals surface area (Å²) in [6.07, 6.45) is 1.24. The minimum Gasteiger partial charge on any atom is -0.493 e. The maximum Gasteiger partial charge on any atom is 0.163 e. The van der Waals surface area contributed by atoms with Gasteiger partial charge < -0.3 is 20.1 Å². The topological polar surface area (TPSA) is 59.6 Å². The fraction of sp³-hybridized carbons (Fsp3) is 0.250. The van der Waals surface area contributed by atoms with E-state index in [0.717, 1.165) is 39.1 Å². The van der Waals surface area contributed by atoms with E-state index < -0.39 is 0 Å². The lowest BCUT2D eigenvalue weighted by molar-refractivity contribution is -0.116. The number of hydrogen-bond acceptors (Lipinski definition) is 5. The molecule has 2 atom stereocenters. The van der Waals surface area contributed by atoms with Crippen molar-refractivity contribution in [1.29, 1.82) is 0 Å². The Kier molecular flexibility index (Phi) is 6.09. The van der Waals surface area contributed by atoms with Gasteiger partial charge >= 0.3 is 0 Å². The number of aryl methyl sites for hydroxylation is 1. The van der Waals surface area contributed by atoms with Crippen LogP contribution in [0.3, 0.4) is 0 Å². The summed E-state index contributed by atoms with van der Waals surface area (Å²) in [6, 6.07) is 20.1. The predicted octanol–water partition coefficient (Wildman–Crippen LogP) is 6.75. The molecule has 2 aliphatic rings. The van der Waals surface area contributed by atoms with Crippen molar-refractivity contribution < 1.29 is 14.3 Å². The number of benzene rings is 3. The van der Waals surface area contributed by atoms with E-state index in [1.165, 1.54) is 11.1 Å². The average molecular weight is 519 g/mol. The van der Waals surface area contributed by atoms with Gasteiger partial charge in [-0.1, -0.05) is 57.9 Å². The Labute approximate surface area is 208 Å². The molecule has 0 saturated carbocycles. The van der Waals surface area contributed by atoms with Crippen LogP contribution < -0.4 is 20.1 Å². The minimum absolute atomic E-state index is 0.138. The van der Waals surface area contributed by atoms with Crippen LogP contribution in [0.4, 0.5) is 11.4 Å². The molecule has 0 aromatic heterocycles. The zero-order valence-corrected chi connectivity index (χ0v) is 21.0. The van der Waals surface area contributed by atoms with Gasteiger partial charge in [0.1, 0.15) is 0 Å². The van der Waals surface area contributed by atoms with E-state index >= 15 is 0 Å². The highest BCUT2D eigenvalue weighted by molar-refractivity contribution is 9.10. The second-order valence-electron chi connectivity index (χ2n) is 8.81. The summed E-state index contributed by atoms with van der Waals surface area (Å²) in [5, 5.41) is 7.23. The molecule has 3 aromatic rings. The largest absolute Gasteiger partial charge is 0.493 e. The summed E-state index contributed by atoms with van der Waals surface area (Å²) in [5.74, 6) is 1.54. The Hall–Kier alpha value is -3.25. The van der Waals surface area contributed by atoms with Gasteiger partial charge in [0.25, 0.3) is 0 Å². The van der Waals surface area contributed by atoms with Crippen molar-refractivity contribution in [1.82, 2.24) is 0 Å². The second kappa shape index (κ2) is 9.18. The highest BCUT2D eigenvalue weighted by atomic mass is 79.9. The average Bonchev–Trinajstić information content (AvgIpc) is 3.01. The third kappa shape index (κ3) is 4.07. The van der Waals surface area contributed by atoms with Crippen molar-refractivity contribution in [2.24, 2.45) is 0 Å². The fourth-order valence-electron chi connectivity index (χ4n) is 4.89. The van der Waals surface area contributed by atoms with E-state index in [1.54, 1.807) is 14.2 Å². The van der Waals surface area contributed by atoms with Gasteiger partial charge in [-0.15, -0.1) is 0 Å². The van der Waals surface area contributed by atoms with E-state index in [-0.39, 0.29) is 17.7 Å². The Bertz CT molecular complexity index is 1280. The molecule has 1 aliphatic heterocycles. The van der Waals surface area contributed by atoms with Crippen molar-refractivity contribution in [3.05, 3.63) is 93.1 Å². The molecule has 0 saturated heterocycles. The van der Waals surface area contributed by atoms with Gasteiger partial charge in [0, 0.05) is 22.2 Å². The number of halogens is 1. The molecule has 0 unspecified atom stereocenters. The smallest absolute Gasteiger partial charge is 0.163 e. The molecule has 1 heterocycles. The molecule has 0 fully saturated rings. The Balaban J connectivity index is 1.64. The number of methoxy groups -OCH3 is 2. The Morgan fingerprint density at radius 3 is 2.29 bits per heavy atom. The lowest BCUT2D eigenvalue weighted by Gasteiger charge is -2.30. The van der Waals surface area contributed by atoms with E-state index in [0.29, 0.717) is 17.9 Å². The Morgan fingerprint density at radius 2 is 1.59 bits per heavy atom. The second-order valence-corrected chi connectivity index (χ2v) is 9.66. The van der Waals surface area contributed by atoms with Crippen LogP contribution in [0, 0.1) is 6.92 Å². The zero-order chi connectivity index (χ0) is 23.8. The number of rotatable bonds is 4. The normalized spacial score (nSPS) is 19.4. The quantitative estimate of drug-likeness (QED) is 0.399. The van der Waals surface area contributed by atoms with Crippen molar-refractivity contribution >= 4 is 33.1 Å². The van der Waals surface area contributed by atoms with Gasteiger partial charge in [-0.05, 0) is 54.7 Å². The van der Waals surface area contributed by atoms with Crippen LogP contribution >= 0.6 is 15.9 Å². The molecular formula is C28H27BrN2O3. The number of anilines is 2. The van der Waals surface area contributed by atoms with Crippen LogP contribution in [-0.2, 0) is 4.79 Å². The highest BCUT2D eigenvalue weighted by Crippen LogP contribution is 2.47. The molecule has 3 aromatic carbocycles. The van der Waals surface area contributed by atoms with Crippen LogP contribution in [0.2, 0.25) is 0 Å². The number of ether oxygens (including phenoxy) is 2. The Morgan fingerprint density at radius 1 is 0.912 bits per heavy atom. The number of fused-ring (bicyclic) bond motifs is 1. The number of allylic oxidation sites excluding steroid dienone is 1. The lowest BCUT2D eigenvalue weighted by Crippen LogP contribution is -2.27. The number of para-hydroxylation sites is 2. The van der Waals surface area contributed by atoms with Crippen molar-refractivity contribution in [2.45, 2.75) is 31.7 Å². The van der Waals surface area contributed by atoms with Crippen molar-refractivity contribution in [2.75, 3.05) is 24.9 Å².